The molecule has 2 N–H and O–H groups in total. The number of fused-ring (bicyclic) bond motifs is 1. The van der Waals surface area contributed by atoms with E-state index in [1.54, 1.807) is 6.07 Å². The molecule has 1 aromatic carbocycles. The van der Waals surface area contributed by atoms with Crippen molar-refractivity contribution in [1.29, 1.82) is 5.26 Å². The van der Waals surface area contributed by atoms with Gasteiger partial charge in [-0.1, -0.05) is 23.2 Å². The molecule has 33 heavy (non-hydrogen) atoms. The quantitative estimate of drug-likeness (QED) is 0.551. The summed E-state index contributed by atoms with van der Waals surface area (Å²) in [6.07, 6.45) is 1.68. The lowest BCUT2D eigenvalue weighted by Crippen LogP contribution is -2.33. The van der Waals surface area contributed by atoms with Crippen LogP contribution in [0.1, 0.15) is 42.7 Å². The second-order valence-electron chi connectivity index (χ2n) is 7.06. The lowest BCUT2D eigenvalue weighted by Gasteiger charge is -2.25. The smallest absolute Gasteiger partial charge is 0.349 e. The molecule has 0 saturated heterocycles. The molecule has 1 aliphatic carbocycles. The molecule has 0 radical (unpaired) electrons. The number of H-pyrrole nitrogens is 2. The van der Waals surface area contributed by atoms with Gasteiger partial charge in [-0.25, -0.2) is 9.89 Å². The van der Waals surface area contributed by atoms with Gasteiger partial charge in [0.05, 0.1) is 27.4 Å². The van der Waals surface area contributed by atoms with E-state index in [4.69, 9.17) is 37.9 Å². The van der Waals surface area contributed by atoms with Gasteiger partial charge in [0.1, 0.15) is 6.07 Å². The first-order valence-corrected chi connectivity index (χ1v) is 10.6. The van der Waals surface area contributed by atoms with Gasteiger partial charge in [0.25, 0.3) is 11.1 Å². The molecule has 1 atom stereocenters. The van der Waals surface area contributed by atoms with Crippen LogP contribution in [0.5, 0.6) is 11.6 Å². The molecule has 13 heteroatoms. The van der Waals surface area contributed by atoms with Crippen LogP contribution in [0, 0.1) is 11.3 Å². The fourth-order valence-electron chi connectivity index (χ4n) is 3.64. The van der Waals surface area contributed by atoms with Crippen LogP contribution >= 0.6 is 23.2 Å². The minimum absolute atomic E-state index is 0.00910. The third kappa shape index (κ3) is 4.28. The van der Waals surface area contributed by atoms with Crippen LogP contribution in [-0.4, -0.2) is 31.6 Å². The fourth-order valence-corrected chi connectivity index (χ4v) is 4.19. The number of aromatic amines is 2. The Morgan fingerprint density at radius 3 is 2.64 bits per heavy atom. The van der Waals surface area contributed by atoms with Gasteiger partial charge in [0.15, 0.2) is 5.75 Å². The molecule has 0 unspecified atom stereocenters. The normalized spacial score (nSPS) is 15.0. The molecule has 11 nitrogen and oxygen atoms in total. The van der Waals surface area contributed by atoms with Crippen LogP contribution in [0.25, 0.3) is 5.69 Å². The zero-order chi connectivity index (χ0) is 23.7. The maximum Gasteiger partial charge on any atom is 0.349 e. The maximum atomic E-state index is 12.4. The van der Waals surface area contributed by atoms with Crippen molar-refractivity contribution in [2.45, 2.75) is 32.3 Å². The molecule has 0 amide bonds. The zero-order valence-electron chi connectivity index (χ0n) is 17.1. The van der Waals surface area contributed by atoms with Gasteiger partial charge in [-0.15, -0.1) is 10.2 Å². The second-order valence-corrected chi connectivity index (χ2v) is 7.87. The van der Waals surface area contributed by atoms with Crippen molar-refractivity contribution < 1.29 is 9.47 Å². The number of hydrogen-bond acceptors (Lipinski definition) is 8. The highest BCUT2D eigenvalue weighted by atomic mass is 35.5. The number of nitriles is 1. The minimum atomic E-state index is -0.907. The van der Waals surface area contributed by atoms with Gasteiger partial charge in [0, 0.05) is 12.2 Å². The first-order chi connectivity index (χ1) is 15.8. The van der Waals surface area contributed by atoms with Crippen LogP contribution in [-0.2, 0) is 11.2 Å². The molecule has 0 spiro atoms. The molecule has 2 aromatic heterocycles. The Morgan fingerprint density at radius 1 is 1.24 bits per heavy atom. The van der Waals surface area contributed by atoms with E-state index in [0.717, 1.165) is 11.1 Å². The number of halogens is 2. The average molecular weight is 491 g/mol. The number of benzene rings is 1. The highest BCUT2D eigenvalue weighted by molar-refractivity contribution is 6.37. The fraction of sp³-hybridized carbons (Fsp3) is 0.300. The molecule has 0 aliphatic heterocycles. The summed E-state index contributed by atoms with van der Waals surface area (Å²) in [5, 5.41) is 19.2. The van der Waals surface area contributed by atoms with E-state index in [1.165, 1.54) is 12.1 Å². The first-order valence-electron chi connectivity index (χ1n) is 9.88. The highest BCUT2D eigenvalue weighted by Crippen LogP contribution is 2.40. The van der Waals surface area contributed by atoms with Crippen LogP contribution in [0.15, 0.2) is 26.5 Å². The van der Waals surface area contributed by atoms with Crippen molar-refractivity contribution in [1.82, 2.24) is 25.0 Å². The zero-order valence-corrected chi connectivity index (χ0v) is 18.7. The largest absolute Gasteiger partial charge is 0.434 e. The first kappa shape index (κ1) is 22.7. The molecule has 3 aromatic rings. The Morgan fingerprint density at radius 2 is 1.97 bits per heavy atom. The van der Waals surface area contributed by atoms with E-state index >= 15 is 0 Å². The Kier molecular flexibility index (Phi) is 6.33. The van der Waals surface area contributed by atoms with Gasteiger partial charge in [-0.05, 0) is 38.3 Å². The monoisotopic (exact) mass is 490 g/mol. The van der Waals surface area contributed by atoms with Crippen molar-refractivity contribution in [3.63, 3.8) is 0 Å². The van der Waals surface area contributed by atoms with Gasteiger partial charge in [0.2, 0.25) is 11.6 Å². The molecular weight excluding hydrogens is 475 g/mol. The van der Waals surface area contributed by atoms with E-state index in [-0.39, 0.29) is 39.0 Å². The number of nitrogens with one attached hydrogen (secondary N) is 2. The number of aromatic nitrogens is 5. The molecular formula is C20H16Cl2N6O5. The Labute approximate surface area is 195 Å². The van der Waals surface area contributed by atoms with E-state index in [1.807, 2.05) is 11.9 Å². The summed E-state index contributed by atoms with van der Waals surface area (Å²) in [4.78, 5) is 38.1. The summed E-state index contributed by atoms with van der Waals surface area (Å²) < 4.78 is 12.4. The Hall–Kier alpha value is -3.46. The number of ether oxygens (including phenoxy) is 2. The predicted molar refractivity (Wildman–Crippen MR) is 117 cm³/mol. The maximum absolute atomic E-state index is 12.4. The minimum Gasteiger partial charge on any atom is -0.434 e. The van der Waals surface area contributed by atoms with Gasteiger partial charge >= 0.3 is 5.69 Å². The summed E-state index contributed by atoms with van der Waals surface area (Å²) >= 11 is 12.7. The number of rotatable bonds is 5. The van der Waals surface area contributed by atoms with Gasteiger partial charge in [-0.3, -0.25) is 14.6 Å². The van der Waals surface area contributed by atoms with Crippen LogP contribution in [0.2, 0.25) is 10.0 Å². The van der Waals surface area contributed by atoms with E-state index in [0.29, 0.717) is 30.6 Å². The van der Waals surface area contributed by atoms with Crippen molar-refractivity contribution in [3.05, 3.63) is 70.2 Å². The van der Waals surface area contributed by atoms with E-state index in [2.05, 4.69) is 15.3 Å². The Balaban J connectivity index is 1.76. The summed E-state index contributed by atoms with van der Waals surface area (Å²) in [5.74, 6) is 0.178. The number of hydrogen-bond donors (Lipinski definition) is 2. The molecule has 1 aliphatic rings. The molecule has 0 fully saturated rings. The molecule has 0 bridgehead atoms. The standard InChI is InChI=1S/C20H16Cl2N6O5/c1-2-32-14-5-3-4-10-15(14)18(30)25-26-19(10)33-16-11(21)6-9(7-12(16)22)28-20(31)24-17(29)13(8-23)27-28/h6-7,14H,2-5H2,1H3,(H,25,30)(H,24,29,31)/t14-/m0/s1. The summed E-state index contributed by atoms with van der Waals surface area (Å²) in [6, 6.07) is 4.26. The molecule has 4 rings (SSSR count). The van der Waals surface area contributed by atoms with Gasteiger partial charge < -0.3 is 9.47 Å². The third-order valence-electron chi connectivity index (χ3n) is 5.03. The van der Waals surface area contributed by atoms with Crippen LogP contribution < -0.4 is 21.5 Å². The summed E-state index contributed by atoms with van der Waals surface area (Å²) in [5.41, 5.74) is -1.46. The molecule has 0 saturated carbocycles. The SMILES string of the molecule is CCO[C@H]1CCCc2c(Oc3c(Cl)cc(-n4nc(C#N)c(=O)[nH]c4=O)cc3Cl)n[nH]c(=O)c21. The van der Waals surface area contributed by atoms with Gasteiger partial charge in [-0.2, -0.15) is 9.94 Å². The second kappa shape index (κ2) is 9.19. The number of nitrogens with zero attached hydrogens (tertiary/aromatic N) is 4. The third-order valence-corrected chi connectivity index (χ3v) is 5.59. The summed E-state index contributed by atoms with van der Waals surface area (Å²) in [7, 11) is 0. The van der Waals surface area contributed by atoms with Crippen molar-refractivity contribution in [2.75, 3.05) is 6.61 Å². The average Bonchev–Trinajstić information content (AvgIpc) is 2.78. The topological polar surface area (TPSA) is 156 Å². The van der Waals surface area contributed by atoms with Crippen LogP contribution in [0.4, 0.5) is 0 Å². The van der Waals surface area contributed by atoms with E-state index in [9.17, 15) is 14.4 Å². The van der Waals surface area contributed by atoms with Crippen molar-refractivity contribution in [3.8, 4) is 23.4 Å². The lowest BCUT2D eigenvalue weighted by atomic mass is 9.91. The predicted octanol–water partition coefficient (Wildman–Crippen LogP) is 2.39. The molecule has 170 valence electrons. The van der Waals surface area contributed by atoms with Crippen LogP contribution in [0.3, 0.4) is 0 Å². The van der Waals surface area contributed by atoms with E-state index < -0.39 is 16.9 Å². The molecule has 2 heterocycles. The van der Waals surface area contributed by atoms with Crippen molar-refractivity contribution in [2.24, 2.45) is 0 Å². The Bertz CT molecular complexity index is 1430. The summed E-state index contributed by atoms with van der Waals surface area (Å²) in [6.45, 7) is 2.30. The highest BCUT2D eigenvalue weighted by Gasteiger charge is 2.28. The van der Waals surface area contributed by atoms with Crippen molar-refractivity contribution >= 4 is 23.2 Å². The lowest BCUT2D eigenvalue weighted by molar-refractivity contribution is 0.0483.